The van der Waals surface area contributed by atoms with Crippen LogP contribution >= 0.6 is 11.3 Å². The average molecular weight is 334 g/mol. The lowest BCUT2D eigenvalue weighted by Crippen LogP contribution is -2.20. The smallest absolute Gasteiger partial charge is 0.262 e. The molecule has 0 radical (unpaired) electrons. The van der Waals surface area contributed by atoms with Gasteiger partial charge in [0.2, 0.25) is 5.89 Å². The minimum atomic E-state index is -0.246. The van der Waals surface area contributed by atoms with Crippen molar-refractivity contribution in [1.82, 2.24) is 19.7 Å². The Morgan fingerprint density at radius 3 is 3.00 bits per heavy atom. The van der Waals surface area contributed by atoms with Crippen LogP contribution in [0.15, 0.2) is 27.1 Å². The molecule has 1 unspecified atom stereocenters. The van der Waals surface area contributed by atoms with E-state index in [0.717, 1.165) is 4.83 Å². The van der Waals surface area contributed by atoms with Gasteiger partial charge in [0.25, 0.3) is 5.56 Å². The van der Waals surface area contributed by atoms with E-state index in [0.29, 0.717) is 29.6 Å². The van der Waals surface area contributed by atoms with Crippen molar-refractivity contribution in [1.29, 1.82) is 0 Å². The van der Waals surface area contributed by atoms with Gasteiger partial charge in [-0.3, -0.25) is 9.36 Å². The summed E-state index contributed by atoms with van der Waals surface area (Å²) in [6, 6.07) is 1.77. The molecule has 23 heavy (non-hydrogen) atoms. The van der Waals surface area contributed by atoms with E-state index < -0.39 is 0 Å². The lowest BCUT2D eigenvalue weighted by molar-refractivity contribution is 0.0402. The Morgan fingerprint density at radius 2 is 2.22 bits per heavy atom. The van der Waals surface area contributed by atoms with Gasteiger partial charge >= 0.3 is 0 Å². The fraction of sp³-hybridized carbons (Fsp3) is 0.467. The molecule has 3 aromatic rings. The van der Waals surface area contributed by atoms with E-state index in [4.69, 9.17) is 9.26 Å². The summed E-state index contributed by atoms with van der Waals surface area (Å²) < 4.78 is 12.3. The lowest BCUT2D eigenvalue weighted by atomic mass is 10.2. The molecule has 0 aliphatic heterocycles. The van der Waals surface area contributed by atoms with Crippen LogP contribution in [0.1, 0.15) is 38.6 Å². The van der Waals surface area contributed by atoms with Gasteiger partial charge in [0, 0.05) is 6.61 Å². The maximum atomic E-state index is 12.3. The highest BCUT2D eigenvalue weighted by atomic mass is 32.1. The van der Waals surface area contributed by atoms with Crippen molar-refractivity contribution in [2.75, 3.05) is 6.61 Å². The van der Waals surface area contributed by atoms with Crippen molar-refractivity contribution < 1.29 is 9.26 Å². The molecular weight excluding hydrogens is 316 g/mol. The summed E-state index contributed by atoms with van der Waals surface area (Å²) in [5.74, 6) is 1.28. The summed E-state index contributed by atoms with van der Waals surface area (Å²) in [6.07, 6.45) is 1.26. The maximum absolute atomic E-state index is 12.3. The standard InChI is InChI=1S/C15H18N4O3S/c1-9(2)7-21-10(3)13-17-12(22-18-13)6-19-8-16-14-11(15(19)20)4-5-23-14/h4-5,8-10H,6-7H2,1-3H3. The third kappa shape index (κ3) is 3.48. The number of ether oxygens (including phenoxy) is 1. The number of rotatable bonds is 6. The predicted octanol–water partition coefficient (Wildman–Crippen LogP) is 2.62. The summed E-state index contributed by atoms with van der Waals surface area (Å²) in [5.41, 5.74) is -0.111. The molecule has 7 nitrogen and oxygen atoms in total. The first kappa shape index (κ1) is 15.8. The quantitative estimate of drug-likeness (QED) is 0.689. The highest BCUT2D eigenvalue weighted by Gasteiger charge is 2.16. The number of fused-ring (bicyclic) bond motifs is 1. The number of hydrogen-bond donors (Lipinski definition) is 0. The van der Waals surface area contributed by atoms with E-state index in [1.54, 1.807) is 6.07 Å². The molecule has 122 valence electrons. The Labute approximate surface area is 136 Å². The average Bonchev–Trinajstić information content (AvgIpc) is 3.17. The van der Waals surface area contributed by atoms with Gasteiger partial charge in [-0.15, -0.1) is 11.3 Å². The minimum Gasteiger partial charge on any atom is -0.370 e. The van der Waals surface area contributed by atoms with Gasteiger partial charge in [0.1, 0.15) is 17.5 Å². The third-order valence-electron chi connectivity index (χ3n) is 3.28. The van der Waals surface area contributed by atoms with Crippen LogP contribution in [-0.2, 0) is 11.3 Å². The first-order valence-corrected chi connectivity index (χ1v) is 8.29. The minimum absolute atomic E-state index is 0.111. The van der Waals surface area contributed by atoms with Crippen molar-refractivity contribution in [3.8, 4) is 0 Å². The Kier molecular flexibility index (Phi) is 4.53. The first-order valence-electron chi connectivity index (χ1n) is 7.41. The zero-order chi connectivity index (χ0) is 16.4. The van der Waals surface area contributed by atoms with Gasteiger partial charge < -0.3 is 9.26 Å². The first-order chi connectivity index (χ1) is 11.0. The normalized spacial score (nSPS) is 13.0. The fourth-order valence-electron chi connectivity index (χ4n) is 2.06. The van der Waals surface area contributed by atoms with Crippen molar-refractivity contribution in [3.05, 3.63) is 39.8 Å². The largest absolute Gasteiger partial charge is 0.370 e. The van der Waals surface area contributed by atoms with E-state index >= 15 is 0 Å². The lowest BCUT2D eigenvalue weighted by Gasteiger charge is -2.10. The number of thiophene rings is 1. The van der Waals surface area contributed by atoms with Crippen LogP contribution in [0.2, 0.25) is 0 Å². The molecule has 0 aromatic carbocycles. The molecule has 0 saturated heterocycles. The summed E-state index contributed by atoms with van der Waals surface area (Å²) in [7, 11) is 0. The number of hydrogen-bond acceptors (Lipinski definition) is 7. The Balaban J connectivity index is 1.75. The molecular formula is C15H18N4O3S. The van der Waals surface area contributed by atoms with Crippen molar-refractivity contribution >= 4 is 21.6 Å². The van der Waals surface area contributed by atoms with E-state index in [-0.39, 0.29) is 18.2 Å². The van der Waals surface area contributed by atoms with E-state index in [9.17, 15) is 4.79 Å². The van der Waals surface area contributed by atoms with Crippen molar-refractivity contribution in [2.24, 2.45) is 5.92 Å². The van der Waals surface area contributed by atoms with Crippen LogP contribution in [0, 0.1) is 5.92 Å². The maximum Gasteiger partial charge on any atom is 0.262 e. The number of nitrogens with zero attached hydrogens (tertiary/aromatic N) is 4. The Bertz CT molecular complexity index is 852. The molecule has 3 heterocycles. The molecule has 0 saturated carbocycles. The highest BCUT2D eigenvalue weighted by molar-refractivity contribution is 7.16. The summed E-state index contributed by atoms with van der Waals surface area (Å²) in [5, 5.41) is 6.38. The van der Waals surface area contributed by atoms with Crippen LogP contribution in [0.4, 0.5) is 0 Å². The molecule has 0 N–H and O–H groups in total. The second kappa shape index (κ2) is 6.59. The molecule has 0 aliphatic rings. The van der Waals surface area contributed by atoms with E-state index in [1.807, 2.05) is 12.3 Å². The van der Waals surface area contributed by atoms with Gasteiger partial charge in [0.15, 0.2) is 5.82 Å². The van der Waals surface area contributed by atoms with Crippen LogP contribution in [-0.4, -0.2) is 26.3 Å². The molecule has 0 bridgehead atoms. The fourth-order valence-corrected chi connectivity index (χ4v) is 2.78. The second-order valence-electron chi connectivity index (χ2n) is 5.73. The Hall–Kier alpha value is -2.06. The van der Waals surface area contributed by atoms with Gasteiger partial charge in [-0.1, -0.05) is 19.0 Å². The van der Waals surface area contributed by atoms with Crippen molar-refractivity contribution in [2.45, 2.75) is 33.4 Å². The van der Waals surface area contributed by atoms with Crippen LogP contribution in [0.5, 0.6) is 0 Å². The summed E-state index contributed by atoms with van der Waals surface area (Å²) in [6.45, 7) is 6.86. The number of aromatic nitrogens is 4. The molecule has 1 atom stereocenters. The molecule has 0 aliphatic carbocycles. The summed E-state index contributed by atoms with van der Waals surface area (Å²) in [4.78, 5) is 21.6. The predicted molar refractivity (Wildman–Crippen MR) is 86.5 cm³/mol. The van der Waals surface area contributed by atoms with Gasteiger partial charge in [-0.05, 0) is 24.3 Å². The highest BCUT2D eigenvalue weighted by Crippen LogP contribution is 2.16. The molecule has 0 spiro atoms. The van der Waals surface area contributed by atoms with Crippen LogP contribution in [0.25, 0.3) is 10.2 Å². The SMILES string of the molecule is CC(C)COC(C)c1noc(Cn2cnc3sccc3c2=O)n1. The summed E-state index contributed by atoms with van der Waals surface area (Å²) >= 11 is 1.44. The van der Waals surface area contributed by atoms with Gasteiger partial charge in [-0.2, -0.15) is 4.98 Å². The van der Waals surface area contributed by atoms with Gasteiger partial charge in [0.05, 0.1) is 11.7 Å². The third-order valence-corrected chi connectivity index (χ3v) is 4.10. The molecule has 3 aromatic heterocycles. The van der Waals surface area contributed by atoms with Crippen molar-refractivity contribution in [3.63, 3.8) is 0 Å². The van der Waals surface area contributed by atoms with E-state index in [1.165, 1.54) is 22.2 Å². The van der Waals surface area contributed by atoms with Gasteiger partial charge in [-0.25, -0.2) is 4.98 Å². The molecule has 8 heteroatoms. The molecule has 0 fully saturated rings. The van der Waals surface area contributed by atoms with Crippen LogP contribution in [0.3, 0.4) is 0 Å². The molecule has 0 amide bonds. The second-order valence-corrected chi connectivity index (χ2v) is 6.63. The zero-order valence-corrected chi connectivity index (χ0v) is 14.0. The monoisotopic (exact) mass is 334 g/mol. The van der Waals surface area contributed by atoms with E-state index in [2.05, 4.69) is 29.0 Å². The van der Waals surface area contributed by atoms with Crippen LogP contribution < -0.4 is 5.56 Å². The molecule has 3 rings (SSSR count). The topological polar surface area (TPSA) is 83.0 Å². The zero-order valence-electron chi connectivity index (χ0n) is 13.2. The Morgan fingerprint density at radius 1 is 1.39 bits per heavy atom.